The van der Waals surface area contributed by atoms with Crippen molar-refractivity contribution >= 4 is 0 Å². The summed E-state index contributed by atoms with van der Waals surface area (Å²) in [6.07, 6.45) is 9.43. The predicted octanol–water partition coefficient (Wildman–Crippen LogP) is 2.16. The Bertz CT molecular complexity index is 546. The minimum Gasteiger partial charge on any atom is -0.310 e. The van der Waals surface area contributed by atoms with Gasteiger partial charge < -0.3 is 4.57 Å². The van der Waals surface area contributed by atoms with Crippen LogP contribution in [0.15, 0.2) is 12.4 Å². The molecule has 0 radical (unpaired) electrons. The van der Waals surface area contributed by atoms with Crippen molar-refractivity contribution in [2.24, 2.45) is 0 Å². The van der Waals surface area contributed by atoms with E-state index in [2.05, 4.69) is 24.7 Å². The summed E-state index contributed by atoms with van der Waals surface area (Å²) in [5, 5.41) is 8.64. The van der Waals surface area contributed by atoms with Crippen LogP contribution in [0, 0.1) is 6.92 Å². The highest BCUT2D eigenvalue weighted by molar-refractivity contribution is 5.52. The molecule has 2 aromatic rings. The van der Waals surface area contributed by atoms with E-state index in [4.69, 9.17) is 0 Å². The summed E-state index contributed by atoms with van der Waals surface area (Å²) in [7, 11) is 0. The molecule has 2 aromatic heterocycles. The van der Waals surface area contributed by atoms with Crippen molar-refractivity contribution in [2.45, 2.75) is 45.6 Å². The standard InChI is InChI=1S/C13H17N5/c1-10-12(15-8-7-14-10)13-17-16-11-6-4-2-3-5-9-18(11)13/h7-8H,2-6,9H2,1H3. The van der Waals surface area contributed by atoms with Gasteiger partial charge in [-0.1, -0.05) is 12.8 Å². The fourth-order valence-corrected chi connectivity index (χ4v) is 2.46. The number of aromatic nitrogens is 5. The maximum absolute atomic E-state index is 4.40. The van der Waals surface area contributed by atoms with Crippen molar-refractivity contribution in [1.29, 1.82) is 0 Å². The molecule has 0 saturated carbocycles. The van der Waals surface area contributed by atoms with Crippen LogP contribution >= 0.6 is 0 Å². The van der Waals surface area contributed by atoms with E-state index in [-0.39, 0.29) is 0 Å². The molecule has 0 aromatic carbocycles. The number of nitrogens with zero attached hydrogens (tertiary/aromatic N) is 5. The smallest absolute Gasteiger partial charge is 0.184 e. The van der Waals surface area contributed by atoms with E-state index in [0.717, 1.165) is 36.0 Å². The molecule has 0 amide bonds. The largest absolute Gasteiger partial charge is 0.310 e. The minimum absolute atomic E-state index is 0.858. The van der Waals surface area contributed by atoms with Crippen molar-refractivity contribution in [3.63, 3.8) is 0 Å². The molecule has 3 rings (SSSR count). The second kappa shape index (κ2) is 4.84. The molecule has 1 aliphatic heterocycles. The Kier molecular flexibility index (Phi) is 3.04. The van der Waals surface area contributed by atoms with Gasteiger partial charge in [-0.2, -0.15) is 0 Å². The molecular formula is C13H17N5. The number of hydrogen-bond donors (Lipinski definition) is 0. The van der Waals surface area contributed by atoms with Gasteiger partial charge in [-0.05, 0) is 19.8 Å². The second-order valence-corrected chi connectivity index (χ2v) is 4.75. The zero-order valence-electron chi connectivity index (χ0n) is 10.6. The lowest BCUT2D eigenvalue weighted by molar-refractivity contribution is 0.518. The first-order chi connectivity index (χ1) is 8.86. The van der Waals surface area contributed by atoms with Gasteiger partial charge in [0.05, 0.1) is 5.69 Å². The molecule has 0 fully saturated rings. The number of hydrogen-bond acceptors (Lipinski definition) is 4. The Morgan fingerprint density at radius 2 is 1.83 bits per heavy atom. The third-order valence-corrected chi connectivity index (χ3v) is 3.45. The van der Waals surface area contributed by atoms with Gasteiger partial charge in [-0.3, -0.25) is 4.98 Å². The van der Waals surface area contributed by atoms with Crippen molar-refractivity contribution < 1.29 is 0 Å². The average molecular weight is 243 g/mol. The lowest BCUT2D eigenvalue weighted by atomic mass is 10.1. The first kappa shape index (κ1) is 11.3. The summed E-state index contributed by atoms with van der Waals surface area (Å²) in [6.45, 7) is 2.96. The third kappa shape index (κ3) is 2.00. The van der Waals surface area contributed by atoms with E-state index in [1.54, 1.807) is 12.4 Å². The molecule has 0 spiro atoms. The van der Waals surface area contributed by atoms with Crippen LogP contribution in [0.4, 0.5) is 0 Å². The highest BCUT2D eigenvalue weighted by Gasteiger charge is 2.17. The van der Waals surface area contributed by atoms with Crippen LogP contribution in [0.5, 0.6) is 0 Å². The van der Waals surface area contributed by atoms with Gasteiger partial charge in [-0.15, -0.1) is 10.2 Å². The van der Waals surface area contributed by atoms with Crippen LogP contribution < -0.4 is 0 Å². The Balaban J connectivity index is 2.05. The van der Waals surface area contributed by atoms with E-state index in [0.29, 0.717) is 0 Å². The summed E-state index contributed by atoms with van der Waals surface area (Å²) in [5.41, 5.74) is 1.77. The fourth-order valence-electron chi connectivity index (χ4n) is 2.46. The summed E-state index contributed by atoms with van der Waals surface area (Å²) in [4.78, 5) is 8.68. The lowest BCUT2D eigenvalue weighted by Gasteiger charge is -2.13. The Labute approximate surface area is 106 Å². The fraction of sp³-hybridized carbons (Fsp3) is 0.538. The highest BCUT2D eigenvalue weighted by atomic mass is 15.3. The first-order valence-electron chi connectivity index (χ1n) is 6.56. The molecule has 5 nitrogen and oxygen atoms in total. The topological polar surface area (TPSA) is 56.5 Å². The van der Waals surface area contributed by atoms with Gasteiger partial charge in [-0.25, -0.2) is 4.98 Å². The monoisotopic (exact) mass is 243 g/mol. The van der Waals surface area contributed by atoms with Crippen molar-refractivity contribution in [3.8, 4) is 11.5 Å². The molecule has 0 aliphatic carbocycles. The maximum atomic E-state index is 4.40. The second-order valence-electron chi connectivity index (χ2n) is 4.75. The number of aryl methyl sites for hydroxylation is 2. The van der Waals surface area contributed by atoms with Crippen LogP contribution in [0.2, 0.25) is 0 Å². The number of rotatable bonds is 1. The van der Waals surface area contributed by atoms with Crippen LogP contribution in [0.3, 0.4) is 0 Å². The van der Waals surface area contributed by atoms with Gasteiger partial charge in [0, 0.05) is 25.4 Å². The van der Waals surface area contributed by atoms with Gasteiger partial charge in [0.15, 0.2) is 5.82 Å². The quantitative estimate of drug-likeness (QED) is 0.770. The zero-order valence-corrected chi connectivity index (χ0v) is 10.6. The molecule has 94 valence electrons. The van der Waals surface area contributed by atoms with E-state index in [1.807, 2.05) is 6.92 Å². The molecule has 18 heavy (non-hydrogen) atoms. The molecule has 0 N–H and O–H groups in total. The normalized spacial score (nSPS) is 15.8. The van der Waals surface area contributed by atoms with Crippen LogP contribution in [0.1, 0.15) is 37.2 Å². The number of fused-ring (bicyclic) bond motifs is 1. The van der Waals surface area contributed by atoms with Gasteiger partial charge in [0.25, 0.3) is 0 Å². The Morgan fingerprint density at radius 3 is 2.72 bits per heavy atom. The summed E-state index contributed by atoms with van der Waals surface area (Å²) >= 11 is 0. The van der Waals surface area contributed by atoms with Crippen molar-refractivity contribution in [1.82, 2.24) is 24.7 Å². The van der Waals surface area contributed by atoms with Crippen molar-refractivity contribution in [3.05, 3.63) is 23.9 Å². The van der Waals surface area contributed by atoms with E-state index < -0.39 is 0 Å². The molecule has 3 heterocycles. The van der Waals surface area contributed by atoms with Crippen LogP contribution in [-0.4, -0.2) is 24.7 Å². The Hall–Kier alpha value is -1.78. The lowest BCUT2D eigenvalue weighted by Crippen LogP contribution is -2.09. The molecule has 1 aliphatic rings. The van der Waals surface area contributed by atoms with E-state index >= 15 is 0 Å². The maximum Gasteiger partial charge on any atom is 0.184 e. The van der Waals surface area contributed by atoms with Crippen LogP contribution in [0.25, 0.3) is 11.5 Å². The molecule has 5 heteroatoms. The van der Waals surface area contributed by atoms with Gasteiger partial charge in [0.2, 0.25) is 0 Å². The van der Waals surface area contributed by atoms with Gasteiger partial charge in [0.1, 0.15) is 11.5 Å². The van der Waals surface area contributed by atoms with E-state index in [9.17, 15) is 0 Å². The van der Waals surface area contributed by atoms with Gasteiger partial charge >= 0.3 is 0 Å². The molecular weight excluding hydrogens is 226 g/mol. The summed E-state index contributed by atoms with van der Waals surface area (Å²) in [6, 6.07) is 0. The highest BCUT2D eigenvalue weighted by Crippen LogP contribution is 2.21. The first-order valence-corrected chi connectivity index (χ1v) is 6.56. The molecule has 0 bridgehead atoms. The molecule has 0 saturated heterocycles. The average Bonchev–Trinajstić information content (AvgIpc) is 2.71. The predicted molar refractivity (Wildman–Crippen MR) is 68.0 cm³/mol. The third-order valence-electron chi connectivity index (χ3n) is 3.45. The molecule has 0 atom stereocenters. The Morgan fingerprint density at radius 1 is 1.00 bits per heavy atom. The molecule has 0 unspecified atom stereocenters. The summed E-state index contributed by atoms with van der Waals surface area (Å²) < 4.78 is 2.22. The zero-order chi connectivity index (χ0) is 12.4. The minimum atomic E-state index is 0.858. The SMILES string of the molecule is Cc1nccnc1-c1nnc2n1CCCCCC2. The van der Waals surface area contributed by atoms with E-state index in [1.165, 1.54) is 25.7 Å². The van der Waals surface area contributed by atoms with Crippen LogP contribution in [-0.2, 0) is 13.0 Å². The van der Waals surface area contributed by atoms with Crippen molar-refractivity contribution in [2.75, 3.05) is 0 Å². The summed E-state index contributed by atoms with van der Waals surface area (Å²) in [5.74, 6) is 1.97.